The number of hydrogen-bond acceptors (Lipinski definition) is 3. The van der Waals surface area contributed by atoms with E-state index in [1.807, 2.05) is 0 Å². The molecule has 0 radical (unpaired) electrons. The van der Waals surface area contributed by atoms with Crippen LogP contribution in [0.15, 0.2) is 5.16 Å². The molecule has 0 bridgehead atoms. The van der Waals surface area contributed by atoms with Crippen LogP contribution in [0.1, 0.15) is 25.7 Å². The Kier molecular flexibility index (Phi) is 4.40. The summed E-state index contributed by atoms with van der Waals surface area (Å²) >= 11 is 0. The molecule has 1 aliphatic carbocycles. The summed E-state index contributed by atoms with van der Waals surface area (Å²) in [5.41, 5.74) is 5.24. The van der Waals surface area contributed by atoms with Gasteiger partial charge in [-0.05, 0) is 25.8 Å². The monoisotopic (exact) mass is 239 g/mol. The summed E-state index contributed by atoms with van der Waals surface area (Å²) in [5, 5.41) is 11.1. The van der Waals surface area contributed by atoms with Crippen LogP contribution in [-0.4, -0.2) is 41.3 Å². The average molecular weight is 239 g/mol. The lowest BCUT2D eigenvalue weighted by Gasteiger charge is -2.23. The lowest BCUT2D eigenvalue weighted by atomic mass is 10.2. The van der Waals surface area contributed by atoms with Crippen molar-refractivity contribution in [2.24, 2.45) is 10.9 Å². The maximum atomic E-state index is 12.2. The largest absolute Gasteiger partial charge is 0.409 e. The molecule has 16 heavy (non-hydrogen) atoms. The van der Waals surface area contributed by atoms with Crippen LogP contribution in [0, 0.1) is 0 Å². The van der Waals surface area contributed by atoms with E-state index in [4.69, 9.17) is 10.9 Å². The van der Waals surface area contributed by atoms with Crippen LogP contribution in [0.5, 0.6) is 0 Å². The molecule has 1 rings (SSSR count). The molecule has 1 saturated carbocycles. The third kappa shape index (κ3) is 5.20. The van der Waals surface area contributed by atoms with Gasteiger partial charge >= 0.3 is 6.18 Å². The lowest BCUT2D eigenvalue weighted by molar-refractivity contribution is -0.147. The second-order valence-electron chi connectivity index (χ2n) is 4.01. The first-order valence-corrected chi connectivity index (χ1v) is 5.19. The zero-order chi connectivity index (χ0) is 12.2. The van der Waals surface area contributed by atoms with Crippen LogP contribution < -0.4 is 5.73 Å². The molecule has 0 saturated heterocycles. The van der Waals surface area contributed by atoms with Gasteiger partial charge < -0.3 is 10.9 Å². The van der Waals surface area contributed by atoms with Gasteiger partial charge in [-0.15, -0.1) is 0 Å². The Morgan fingerprint density at radius 1 is 1.44 bits per heavy atom. The van der Waals surface area contributed by atoms with Gasteiger partial charge in [-0.2, -0.15) is 13.2 Å². The van der Waals surface area contributed by atoms with Gasteiger partial charge in [-0.1, -0.05) is 5.16 Å². The van der Waals surface area contributed by atoms with Gasteiger partial charge in [-0.3, -0.25) is 4.90 Å². The van der Waals surface area contributed by atoms with E-state index in [9.17, 15) is 13.2 Å². The molecule has 1 fully saturated rings. The van der Waals surface area contributed by atoms with Gasteiger partial charge in [0.1, 0.15) is 5.84 Å². The van der Waals surface area contributed by atoms with Crippen LogP contribution in [0.3, 0.4) is 0 Å². The highest BCUT2D eigenvalue weighted by Crippen LogP contribution is 2.30. The van der Waals surface area contributed by atoms with Crippen molar-refractivity contribution in [3.63, 3.8) is 0 Å². The molecule has 3 N–H and O–H groups in total. The Hall–Kier alpha value is -0.980. The number of nitrogens with two attached hydrogens (primary N) is 1. The summed E-state index contributed by atoms with van der Waals surface area (Å²) in [4.78, 5) is 1.42. The second-order valence-corrected chi connectivity index (χ2v) is 4.01. The minimum atomic E-state index is -4.15. The molecular formula is C9H16F3N3O. The highest BCUT2D eigenvalue weighted by atomic mass is 19.4. The topological polar surface area (TPSA) is 61.8 Å². The smallest absolute Gasteiger partial charge is 0.401 e. The molecule has 7 heteroatoms. The van der Waals surface area contributed by atoms with Crippen LogP contribution in [0.2, 0.25) is 0 Å². The molecule has 0 atom stereocenters. The number of alkyl halides is 3. The number of nitrogens with zero attached hydrogens (tertiary/aromatic N) is 2. The molecule has 1 aliphatic rings. The van der Waals surface area contributed by atoms with Crippen LogP contribution in [-0.2, 0) is 0 Å². The van der Waals surface area contributed by atoms with Crippen molar-refractivity contribution in [2.45, 2.75) is 37.9 Å². The number of amidine groups is 1. The van der Waals surface area contributed by atoms with Gasteiger partial charge in [0.15, 0.2) is 0 Å². The molecule has 0 amide bonds. The molecule has 0 aliphatic heterocycles. The van der Waals surface area contributed by atoms with E-state index in [-0.39, 0.29) is 11.9 Å². The Morgan fingerprint density at radius 2 is 2.06 bits per heavy atom. The highest BCUT2D eigenvalue weighted by molar-refractivity contribution is 5.79. The summed E-state index contributed by atoms with van der Waals surface area (Å²) in [7, 11) is 0. The average Bonchev–Trinajstić information content (AvgIpc) is 2.97. The van der Waals surface area contributed by atoms with Crippen molar-refractivity contribution >= 4 is 5.84 Å². The third-order valence-corrected chi connectivity index (χ3v) is 2.45. The van der Waals surface area contributed by atoms with Crippen molar-refractivity contribution in [1.82, 2.24) is 4.90 Å². The maximum Gasteiger partial charge on any atom is 0.401 e. The first kappa shape index (κ1) is 13.1. The Balaban J connectivity index is 2.29. The van der Waals surface area contributed by atoms with Crippen molar-refractivity contribution < 1.29 is 18.4 Å². The van der Waals surface area contributed by atoms with Crippen molar-refractivity contribution in [1.29, 1.82) is 0 Å². The Morgan fingerprint density at radius 3 is 2.50 bits per heavy atom. The molecule has 4 nitrogen and oxygen atoms in total. The number of oxime groups is 1. The van der Waals surface area contributed by atoms with Gasteiger partial charge in [0.05, 0.1) is 6.54 Å². The molecular weight excluding hydrogens is 223 g/mol. The van der Waals surface area contributed by atoms with E-state index in [0.717, 1.165) is 12.8 Å². The van der Waals surface area contributed by atoms with Crippen LogP contribution in [0.25, 0.3) is 0 Å². The van der Waals surface area contributed by atoms with Crippen molar-refractivity contribution in [3.05, 3.63) is 0 Å². The van der Waals surface area contributed by atoms with Gasteiger partial charge in [0, 0.05) is 12.5 Å². The molecule has 0 heterocycles. The first-order chi connectivity index (χ1) is 7.42. The van der Waals surface area contributed by atoms with E-state index < -0.39 is 12.7 Å². The molecule has 0 aromatic rings. The Labute approximate surface area is 91.9 Å². The summed E-state index contributed by atoms with van der Waals surface area (Å²) in [6.07, 6.45) is -1.70. The fourth-order valence-electron chi connectivity index (χ4n) is 1.57. The van der Waals surface area contributed by atoms with E-state index in [1.165, 1.54) is 4.90 Å². The SMILES string of the molecule is NC(CCCN(CC(F)(F)F)C1CC1)=NO. The van der Waals surface area contributed by atoms with Gasteiger partial charge in [0.2, 0.25) is 0 Å². The van der Waals surface area contributed by atoms with E-state index in [1.54, 1.807) is 0 Å². The highest BCUT2D eigenvalue weighted by Gasteiger charge is 2.37. The zero-order valence-electron chi connectivity index (χ0n) is 8.87. The summed E-state index contributed by atoms with van der Waals surface area (Å²) < 4.78 is 36.6. The van der Waals surface area contributed by atoms with E-state index in [2.05, 4.69) is 5.16 Å². The summed E-state index contributed by atoms with van der Waals surface area (Å²) in [5.74, 6) is 0.0581. The van der Waals surface area contributed by atoms with E-state index >= 15 is 0 Å². The molecule has 94 valence electrons. The summed E-state index contributed by atoms with van der Waals surface area (Å²) in [6, 6.07) is 0.0638. The summed E-state index contributed by atoms with van der Waals surface area (Å²) in [6.45, 7) is -0.533. The zero-order valence-corrected chi connectivity index (χ0v) is 8.87. The predicted molar refractivity (Wildman–Crippen MR) is 53.3 cm³/mol. The number of rotatable bonds is 6. The van der Waals surface area contributed by atoms with Crippen molar-refractivity contribution in [2.75, 3.05) is 13.1 Å². The lowest BCUT2D eigenvalue weighted by Crippen LogP contribution is -2.36. The fourth-order valence-corrected chi connectivity index (χ4v) is 1.57. The van der Waals surface area contributed by atoms with Crippen molar-refractivity contribution in [3.8, 4) is 0 Å². The fraction of sp³-hybridized carbons (Fsp3) is 0.889. The maximum absolute atomic E-state index is 12.2. The predicted octanol–water partition coefficient (Wildman–Crippen LogP) is 1.54. The quantitative estimate of drug-likeness (QED) is 0.320. The molecule has 0 aromatic heterocycles. The molecule has 0 spiro atoms. The van der Waals surface area contributed by atoms with E-state index in [0.29, 0.717) is 19.4 Å². The first-order valence-electron chi connectivity index (χ1n) is 5.19. The van der Waals surface area contributed by atoms with Crippen LogP contribution in [0.4, 0.5) is 13.2 Å². The van der Waals surface area contributed by atoms with Crippen LogP contribution >= 0.6 is 0 Å². The number of halogens is 3. The molecule has 0 unspecified atom stereocenters. The molecule has 0 aromatic carbocycles. The van der Waals surface area contributed by atoms with Gasteiger partial charge in [0.25, 0.3) is 0 Å². The standard InChI is InChI=1S/C9H16F3N3O/c10-9(11,12)6-15(7-3-4-7)5-1-2-8(13)14-16/h7,16H,1-6H2,(H2,13,14). The minimum Gasteiger partial charge on any atom is -0.409 e. The van der Waals surface area contributed by atoms with Gasteiger partial charge in [-0.25, -0.2) is 0 Å². The number of hydrogen-bond donors (Lipinski definition) is 2. The second kappa shape index (κ2) is 5.38. The normalized spacial score (nSPS) is 18.1. The Bertz CT molecular complexity index is 251. The minimum absolute atomic E-state index is 0.0581. The third-order valence-electron chi connectivity index (χ3n) is 2.45.